The summed E-state index contributed by atoms with van der Waals surface area (Å²) in [5.41, 5.74) is 5.55. The zero-order valence-corrected chi connectivity index (χ0v) is 15.7. The first-order chi connectivity index (χ1) is 12.0. The van der Waals surface area contributed by atoms with Gasteiger partial charge in [-0.3, -0.25) is 4.79 Å². The second-order valence-corrected chi connectivity index (χ2v) is 7.00. The van der Waals surface area contributed by atoms with Crippen molar-refractivity contribution in [2.24, 2.45) is 0 Å². The van der Waals surface area contributed by atoms with E-state index >= 15 is 0 Å². The van der Waals surface area contributed by atoms with Gasteiger partial charge in [-0.15, -0.1) is 0 Å². The van der Waals surface area contributed by atoms with Crippen molar-refractivity contribution in [1.82, 2.24) is 4.57 Å². The molecule has 0 spiro atoms. The predicted octanol–water partition coefficient (Wildman–Crippen LogP) is 3.78. The van der Waals surface area contributed by atoms with Gasteiger partial charge in [0.1, 0.15) is 0 Å². The highest BCUT2D eigenvalue weighted by Gasteiger charge is 2.26. The molecule has 1 aromatic carbocycles. The van der Waals surface area contributed by atoms with Crippen LogP contribution in [0.1, 0.15) is 40.7 Å². The first-order valence-electron chi connectivity index (χ1n) is 9.06. The van der Waals surface area contributed by atoms with Crippen LogP contribution in [-0.2, 0) is 17.7 Å². The molecule has 0 saturated heterocycles. The number of Topliss-reactive ketones (excluding diaryl/α,β-unsaturated/α-hetero) is 1. The Bertz CT molecular complexity index is 763. The van der Waals surface area contributed by atoms with Crippen LogP contribution < -0.4 is 4.90 Å². The Morgan fingerprint density at radius 3 is 2.80 bits per heavy atom. The molecule has 1 atom stereocenters. The predicted molar refractivity (Wildman–Crippen MR) is 102 cm³/mol. The van der Waals surface area contributed by atoms with Crippen molar-refractivity contribution in [3.05, 3.63) is 52.8 Å². The van der Waals surface area contributed by atoms with Crippen molar-refractivity contribution in [2.75, 3.05) is 25.2 Å². The van der Waals surface area contributed by atoms with Crippen LogP contribution in [0.2, 0.25) is 0 Å². The summed E-state index contributed by atoms with van der Waals surface area (Å²) >= 11 is 0. The molecular weight excluding hydrogens is 312 g/mol. The Kier molecular flexibility index (Phi) is 5.28. The first kappa shape index (κ1) is 17.7. The number of carbonyl (C=O) groups excluding carboxylic acids is 1. The Hall–Kier alpha value is -2.07. The number of rotatable bonds is 6. The van der Waals surface area contributed by atoms with E-state index in [9.17, 15) is 4.79 Å². The maximum absolute atomic E-state index is 13.0. The molecule has 1 unspecified atom stereocenters. The lowest BCUT2D eigenvalue weighted by Gasteiger charge is -2.36. The van der Waals surface area contributed by atoms with E-state index in [-0.39, 0.29) is 5.78 Å². The maximum atomic E-state index is 13.0. The number of benzene rings is 1. The number of aromatic nitrogens is 1. The summed E-state index contributed by atoms with van der Waals surface area (Å²) in [6, 6.07) is 10.9. The third-order valence-corrected chi connectivity index (χ3v) is 5.37. The molecule has 0 N–H and O–H groups in total. The van der Waals surface area contributed by atoms with Gasteiger partial charge >= 0.3 is 0 Å². The van der Waals surface area contributed by atoms with Gasteiger partial charge in [0.05, 0.1) is 13.2 Å². The fourth-order valence-corrected chi connectivity index (χ4v) is 3.85. The molecule has 1 aliphatic heterocycles. The van der Waals surface area contributed by atoms with Gasteiger partial charge in [0.25, 0.3) is 0 Å². The van der Waals surface area contributed by atoms with Crippen molar-refractivity contribution in [3.8, 4) is 0 Å². The Morgan fingerprint density at radius 2 is 2.04 bits per heavy atom. The normalized spacial score (nSPS) is 16.8. The Labute approximate surface area is 150 Å². The third-order valence-electron chi connectivity index (χ3n) is 5.37. The van der Waals surface area contributed by atoms with Crippen molar-refractivity contribution in [1.29, 1.82) is 0 Å². The molecule has 0 radical (unpaired) electrons. The van der Waals surface area contributed by atoms with E-state index in [0.29, 0.717) is 19.2 Å². The molecule has 3 rings (SSSR count). The van der Waals surface area contributed by atoms with E-state index in [0.717, 1.165) is 36.3 Å². The number of nitrogens with zero attached hydrogens (tertiary/aromatic N) is 2. The number of carbonyl (C=O) groups is 1. The van der Waals surface area contributed by atoms with Gasteiger partial charge in [-0.25, -0.2) is 0 Å². The van der Waals surface area contributed by atoms with Crippen LogP contribution in [0, 0.1) is 13.8 Å². The average molecular weight is 340 g/mol. The minimum absolute atomic E-state index is 0.195. The van der Waals surface area contributed by atoms with Crippen LogP contribution in [0.5, 0.6) is 0 Å². The lowest BCUT2D eigenvalue weighted by molar-refractivity contribution is 0.0995. The maximum Gasteiger partial charge on any atom is 0.183 e. The fourth-order valence-electron chi connectivity index (χ4n) is 3.85. The minimum Gasteiger partial charge on any atom is -0.383 e. The number of methoxy groups -OCH3 is 1. The van der Waals surface area contributed by atoms with E-state index in [2.05, 4.69) is 47.6 Å². The molecule has 1 aromatic heterocycles. The highest BCUT2D eigenvalue weighted by atomic mass is 16.5. The summed E-state index contributed by atoms with van der Waals surface area (Å²) in [5.74, 6) is 0.195. The number of hydrogen-bond donors (Lipinski definition) is 0. The van der Waals surface area contributed by atoms with Gasteiger partial charge < -0.3 is 14.2 Å². The molecule has 0 bridgehead atoms. The topological polar surface area (TPSA) is 34.5 Å². The number of ether oxygens (including phenoxy) is 1. The number of para-hydroxylation sites is 1. The lowest BCUT2D eigenvalue weighted by atomic mass is 9.96. The number of hydrogen-bond acceptors (Lipinski definition) is 3. The van der Waals surface area contributed by atoms with E-state index in [4.69, 9.17) is 4.74 Å². The van der Waals surface area contributed by atoms with E-state index < -0.39 is 0 Å². The van der Waals surface area contributed by atoms with Crippen molar-refractivity contribution in [2.45, 2.75) is 46.2 Å². The summed E-state index contributed by atoms with van der Waals surface area (Å²) < 4.78 is 7.36. The zero-order valence-electron chi connectivity index (χ0n) is 15.7. The second kappa shape index (κ2) is 7.44. The molecule has 0 fully saturated rings. The molecule has 0 aliphatic carbocycles. The van der Waals surface area contributed by atoms with Crippen LogP contribution in [0.4, 0.5) is 5.69 Å². The molecule has 0 saturated carbocycles. The largest absolute Gasteiger partial charge is 0.383 e. The van der Waals surface area contributed by atoms with Crippen LogP contribution in [-0.4, -0.2) is 36.7 Å². The molecule has 134 valence electrons. The molecule has 1 aliphatic rings. The summed E-state index contributed by atoms with van der Waals surface area (Å²) in [6.07, 6.45) is 2.19. The Balaban J connectivity index is 1.83. The molecular formula is C21H28N2O2. The van der Waals surface area contributed by atoms with E-state index in [1.54, 1.807) is 7.11 Å². The SMILES string of the molecule is COCCn1c(C)cc(C(=O)CN2c3ccccc3CCC2C)c1C. The monoisotopic (exact) mass is 340 g/mol. The average Bonchev–Trinajstić information content (AvgIpc) is 2.90. The van der Waals surface area contributed by atoms with Gasteiger partial charge in [-0.2, -0.15) is 0 Å². The Morgan fingerprint density at radius 1 is 1.28 bits per heavy atom. The van der Waals surface area contributed by atoms with Crippen molar-refractivity contribution in [3.63, 3.8) is 0 Å². The van der Waals surface area contributed by atoms with Crippen LogP contribution in [0.15, 0.2) is 30.3 Å². The lowest BCUT2D eigenvalue weighted by Crippen LogP contribution is -2.41. The molecule has 2 heterocycles. The van der Waals surface area contributed by atoms with Crippen LogP contribution in [0.25, 0.3) is 0 Å². The van der Waals surface area contributed by atoms with Gasteiger partial charge in [0.15, 0.2) is 5.78 Å². The summed E-state index contributed by atoms with van der Waals surface area (Å²) in [7, 11) is 1.70. The molecule has 2 aromatic rings. The minimum atomic E-state index is 0.195. The van der Waals surface area contributed by atoms with Gasteiger partial charge in [-0.1, -0.05) is 18.2 Å². The zero-order chi connectivity index (χ0) is 18.0. The molecule has 0 amide bonds. The fraction of sp³-hybridized carbons (Fsp3) is 0.476. The third kappa shape index (κ3) is 3.49. The molecule has 4 nitrogen and oxygen atoms in total. The summed E-state index contributed by atoms with van der Waals surface area (Å²) in [4.78, 5) is 15.3. The van der Waals surface area contributed by atoms with Crippen molar-refractivity contribution < 1.29 is 9.53 Å². The van der Waals surface area contributed by atoms with E-state index in [1.807, 2.05) is 13.0 Å². The smallest absolute Gasteiger partial charge is 0.183 e. The van der Waals surface area contributed by atoms with Gasteiger partial charge in [0.2, 0.25) is 0 Å². The van der Waals surface area contributed by atoms with Gasteiger partial charge in [-0.05, 0) is 51.3 Å². The molecule has 25 heavy (non-hydrogen) atoms. The van der Waals surface area contributed by atoms with Crippen molar-refractivity contribution >= 4 is 11.5 Å². The number of ketones is 1. The number of aryl methyl sites for hydroxylation is 2. The van der Waals surface area contributed by atoms with Crippen LogP contribution in [0.3, 0.4) is 0 Å². The summed E-state index contributed by atoms with van der Waals surface area (Å²) in [6.45, 7) is 8.17. The highest BCUT2D eigenvalue weighted by molar-refractivity contribution is 6.00. The standard InChI is InChI=1S/C21H28N2O2/c1-15-9-10-18-7-5-6-8-20(18)23(15)14-21(24)19-13-16(2)22(17(19)3)11-12-25-4/h5-8,13,15H,9-12,14H2,1-4H3. The van der Waals surface area contributed by atoms with E-state index in [1.165, 1.54) is 11.3 Å². The number of fused-ring (bicyclic) bond motifs is 1. The second-order valence-electron chi connectivity index (χ2n) is 7.00. The summed E-state index contributed by atoms with van der Waals surface area (Å²) in [5, 5.41) is 0. The number of anilines is 1. The molecule has 4 heteroatoms. The highest BCUT2D eigenvalue weighted by Crippen LogP contribution is 2.30. The first-order valence-corrected chi connectivity index (χ1v) is 9.06. The van der Waals surface area contributed by atoms with Crippen LogP contribution >= 0.6 is 0 Å². The van der Waals surface area contributed by atoms with Gasteiger partial charge in [0, 0.05) is 42.3 Å². The quantitative estimate of drug-likeness (QED) is 0.751.